The van der Waals surface area contributed by atoms with E-state index >= 15 is 0 Å². The Morgan fingerprint density at radius 3 is 2.50 bits per heavy atom. The molecule has 1 aliphatic carbocycles. The minimum absolute atomic E-state index is 0.244. The second-order valence-corrected chi connectivity index (χ2v) is 6.78. The molecule has 0 unspecified atom stereocenters. The molecule has 1 atom stereocenters. The zero-order chi connectivity index (χ0) is 13.9. The van der Waals surface area contributed by atoms with E-state index in [9.17, 15) is 4.79 Å². The van der Waals surface area contributed by atoms with E-state index in [0.717, 1.165) is 13.0 Å². The number of hydrogen-bond acceptors (Lipinski definition) is 3. The Hall–Kier alpha value is -0.610. The zero-order valence-corrected chi connectivity index (χ0v) is 12.8. The maximum atomic E-state index is 12.2. The molecule has 2 heterocycles. The first-order chi connectivity index (χ1) is 9.76. The highest BCUT2D eigenvalue weighted by Crippen LogP contribution is 2.25. The molecule has 0 radical (unpaired) electrons. The van der Waals surface area contributed by atoms with Gasteiger partial charge < -0.3 is 10.2 Å². The van der Waals surface area contributed by atoms with Crippen molar-refractivity contribution in [3.63, 3.8) is 0 Å². The molecule has 3 fully saturated rings. The summed E-state index contributed by atoms with van der Waals surface area (Å²) in [6.07, 6.45) is 7.23. The normalized spacial score (nSPS) is 30.4. The molecule has 20 heavy (non-hydrogen) atoms. The zero-order valence-electron chi connectivity index (χ0n) is 12.8. The minimum Gasteiger partial charge on any atom is -0.353 e. The van der Waals surface area contributed by atoms with Crippen LogP contribution in [0.3, 0.4) is 0 Å². The molecule has 4 nitrogen and oxygen atoms in total. The number of rotatable bonds is 4. The van der Waals surface area contributed by atoms with Crippen molar-refractivity contribution in [2.24, 2.45) is 5.92 Å². The van der Waals surface area contributed by atoms with Crippen LogP contribution in [0, 0.1) is 5.92 Å². The summed E-state index contributed by atoms with van der Waals surface area (Å²) in [4.78, 5) is 17.4. The fourth-order valence-corrected chi connectivity index (χ4v) is 3.70. The van der Waals surface area contributed by atoms with Crippen LogP contribution in [0.5, 0.6) is 0 Å². The van der Waals surface area contributed by atoms with Crippen molar-refractivity contribution in [2.75, 3.05) is 32.7 Å². The molecular weight excluding hydrogens is 250 g/mol. The maximum absolute atomic E-state index is 12.2. The lowest BCUT2D eigenvalue weighted by atomic mass is 9.93. The number of carbonyl (C=O) groups is 1. The number of carbonyl (C=O) groups excluding carboxylic acids is 1. The van der Waals surface area contributed by atoms with Gasteiger partial charge in [0.2, 0.25) is 5.91 Å². The third-order valence-electron chi connectivity index (χ3n) is 5.27. The van der Waals surface area contributed by atoms with Gasteiger partial charge in [0.25, 0.3) is 0 Å². The van der Waals surface area contributed by atoms with Crippen LogP contribution >= 0.6 is 0 Å². The van der Waals surface area contributed by atoms with E-state index in [1.165, 1.54) is 58.3 Å². The van der Waals surface area contributed by atoms with E-state index in [4.69, 9.17) is 0 Å². The van der Waals surface area contributed by atoms with Crippen LogP contribution in [0.15, 0.2) is 0 Å². The number of amides is 1. The van der Waals surface area contributed by atoms with Crippen LogP contribution in [0.25, 0.3) is 0 Å². The van der Waals surface area contributed by atoms with Crippen molar-refractivity contribution in [1.29, 1.82) is 0 Å². The first-order valence-electron chi connectivity index (χ1n) is 8.53. The summed E-state index contributed by atoms with van der Waals surface area (Å²) in [6, 6.07) is 1.22. The van der Waals surface area contributed by atoms with Crippen molar-refractivity contribution in [3.05, 3.63) is 0 Å². The summed E-state index contributed by atoms with van der Waals surface area (Å²) in [5.41, 5.74) is 0. The van der Waals surface area contributed by atoms with Gasteiger partial charge in [-0.05, 0) is 64.7 Å². The van der Waals surface area contributed by atoms with Gasteiger partial charge in [0.05, 0.1) is 5.92 Å². The predicted molar refractivity (Wildman–Crippen MR) is 80.6 cm³/mol. The van der Waals surface area contributed by atoms with Gasteiger partial charge in [-0.3, -0.25) is 9.69 Å². The second-order valence-electron chi connectivity index (χ2n) is 6.78. The lowest BCUT2D eigenvalue weighted by Gasteiger charge is -2.41. The first kappa shape index (κ1) is 14.3. The summed E-state index contributed by atoms with van der Waals surface area (Å²) >= 11 is 0. The average molecular weight is 279 g/mol. The fourth-order valence-electron chi connectivity index (χ4n) is 3.70. The topological polar surface area (TPSA) is 35.6 Å². The van der Waals surface area contributed by atoms with Crippen molar-refractivity contribution < 1.29 is 4.79 Å². The van der Waals surface area contributed by atoms with Crippen molar-refractivity contribution in [1.82, 2.24) is 15.1 Å². The van der Waals surface area contributed by atoms with E-state index in [1.807, 2.05) is 0 Å². The van der Waals surface area contributed by atoms with E-state index in [0.29, 0.717) is 18.0 Å². The summed E-state index contributed by atoms with van der Waals surface area (Å²) in [5, 5.41) is 3.19. The molecular formula is C16H29N3O. The van der Waals surface area contributed by atoms with Gasteiger partial charge in [0, 0.05) is 18.6 Å². The summed E-state index contributed by atoms with van der Waals surface area (Å²) < 4.78 is 0. The Morgan fingerprint density at radius 2 is 1.85 bits per heavy atom. The molecule has 1 amide bonds. The molecule has 0 spiro atoms. The largest absolute Gasteiger partial charge is 0.353 e. The van der Waals surface area contributed by atoms with Crippen molar-refractivity contribution in [2.45, 2.75) is 57.5 Å². The summed E-state index contributed by atoms with van der Waals surface area (Å²) in [7, 11) is 0. The standard InChI is InChI=1S/C16H29N3O/c1-2-18-10-7-15(8-11-18)19-9-3-4-13(12-19)16(20)17-14-5-6-14/h13-15H,2-12H2,1H3,(H,17,20)/t13-/m1/s1. The first-order valence-corrected chi connectivity index (χ1v) is 8.53. The van der Waals surface area contributed by atoms with Gasteiger partial charge in [-0.2, -0.15) is 0 Å². The molecule has 1 saturated carbocycles. The third kappa shape index (κ3) is 3.53. The predicted octanol–water partition coefficient (Wildman–Crippen LogP) is 1.46. The molecule has 0 aromatic heterocycles. The van der Waals surface area contributed by atoms with Crippen LogP contribution in [-0.4, -0.2) is 60.5 Å². The molecule has 0 bridgehead atoms. The number of nitrogens with zero attached hydrogens (tertiary/aromatic N) is 2. The van der Waals surface area contributed by atoms with Gasteiger partial charge in [-0.15, -0.1) is 0 Å². The Bertz CT molecular complexity index is 335. The Balaban J connectivity index is 1.48. The Morgan fingerprint density at radius 1 is 1.10 bits per heavy atom. The van der Waals surface area contributed by atoms with E-state index < -0.39 is 0 Å². The molecule has 0 aromatic rings. The average Bonchev–Trinajstić information content (AvgIpc) is 3.31. The smallest absolute Gasteiger partial charge is 0.224 e. The molecule has 3 rings (SSSR count). The van der Waals surface area contributed by atoms with Gasteiger partial charge in [-0.1, -0.05) is 6.92 Å². The molecule has 114 valence electrons. The lowest BCUT2D eigenvalue weighted by Crippen LogP contribution is -2.50. The molecule has 0 aromatic carbocycles. The molecule has 2 saturated heterocycles. The van der Waals surface area contributed by atoms with E-state index in [1.54, 1.807) is 0 Å². The van der Waals surface area contributed by atoms with Crippen molar-refractivity contribution in [3.8, 4) is 0 Å². The third-order valence-corrected chi connectivity index (χ3v) is 5.27. The highest BCUT2D eigenvalue weighted by atomic mass is 16.2. The fraction of sp³-hybridized carbons (Fsp3) is 0.938. The van der Waals surface area contributed by atoms with Crippen LogP contribution in [0.2, 0.25) is 0 Å². The van der Waals surface area contributed by atoms with Crippen LogP contribution in [0.4, 0.5) is 0 Å². The van der Waals surface area contributed by atoms with Crippen LogP contribution < -0.4 is 5.32 Å². The van der Waals surface area contributed by atoms with Gasteiger partial charge >= 0.3 is 0 Å². The summed E-state index contributed by atoms with van der Waals surface area (Å²) in [5.74, 6) is 0.566. The highest BCUT2D eigenvalue weighted by Gasteiger charge is 2.33. The summed E-state index contributed by atoms with van der Waals surface area (Å²) in [6.45, 7) is 8.09. The molecule has 1 N–H and O–H groups in total. The number of likely N-dealkylation sites (tertiary alicyclic amines) is 2. The van der Waals surface area contributed by atoms with Gasteiger partial charge in [-0.25, -0.2) is 0 Å². The SMILES string of the molecule is CCN1CCC(N2CCC[C@@H](C(=O)NC3CC3)C2)CC1. The van der Waals surface area contributed by atoms with E-state index in [-0.39, 0.29) is 5.92 Å². The molecule has 3 aliphatic rings. The number of hydrogen-bond donors (Lipinski definition) is 1. The van der Waals surface area contributed by atoms with Crippen LogP contribution in [0.1, 0.15) is 45.4 Å². The number of piperidine rings is 2. The quantitative estimate of drug-likeness (QED) is 0.846. The van der Waals surface area contributed by atoms with Gasteiger partial charge in [0.15, 0.2) is 0 Å². The van der Waals surface area contributed by atoms with Crippen molar-refractivity contribution >= 4 is 5.91 Å². The Labute approximate surface area is 122 Å². The highest BCUT2D eigenvalue weighted by molar-refractivity contribution is 5.79. The number of nitrogens with one attached hydrogen (secondary N) is 1. The maximum Gasteiger partial charge on any atom is 0.224 e. The van der Waals surface area contributed by atoms with Crippen LogP contribution in [-0.2, 0) is 4.79 Å². The van der Waals surface area contributed by atoms with E-state index in [2.05, 4.69) is 22.0 Å². The van der Waals surface area contributed by atoms with Gasteiger partial charge in [0.1, 0.15) is 0 Å². The second kappa shape index (κ2) is 6.44. The minimum atomic E-state index is 0.244. The molecule has 2 aliphatic heterocycles. The monoisotopic (exact) mass is 279 g/mol. The molecule has 4 heteroatoms. The Kier molecular flexibility index (Phi) is 4.61. The lowest BCUT2D eigenvalue weighted by molar-refractivity contribution is -0.127.